The molecule has 1 aromatic rings. The van der Waals surface area contributed by atoms with E-state index < -0.39 is 0 Å². The van der Waals surface area contributed by atoms with E-state index in [2.05, 4.69) is 5.16 Å². The maximum absolute atomic E-state index is 8.54. The monoisotopic (exact) mass is 225 g/mol. The molecule has 0 atom stereocenters. The molecule has 80 valence electrons. The maximum atomic E-state index is 8.54. The van der Waals surface area contributed by atoms with Crippen molar-refractivity contribution in [3.63, 3.8) is 0 Å². The fourth-order valence-electron chi connectivity index (χ4n) is 1.86. The number of fused-ring (bicyclic) bond motifs is 1. The first-order valence-corrected chi connectivity index (χ1v) is 5.08. The van der Waals surface area contributed by atoms with Gasteiger partial charge in [0.25, 0.3) is 0 Å². The van der Waals surface area contributed by atoms with E-state index in [1.807, 2.05) is 19.9 Å². The fraction of sp³-hybridized carbons (Fsp3) is 0.364. The van der Waals surface area contributed by atoms with Gasteiger partial charge in [-0.15, -0.1) is 0 Å². The van der Waals surface area contributed by atoms with Gasteiger partial charge >= 0.3 is 0 Å². The average Bonchev–Trinajstić information content (AvgIpc) is 2.40. The minimum atomic E-state index is -0.217. The zero-order valence-corrected chi connectivity index (χ0v) is 9.38. The standard InChI is InChI=1S/C11H12ClNO2/c1-11(2)5-7-3-9(12)4-8(6-13-14)10(7)15-11/h3-4,6,14H,5H2,1-2H3. The summed E-state index contributed by atoms with van der Waals surface area (Å²) >= 11 is 5.96. The van der Waals surface area contributed by atoms with Gasteiger partial charge in [-0.05, 0) is 26.0 Å². The van der Waals surface area contributed by atoms with Gasteiger partial charge in [0, 0.05) is 22.6 Å². The second-order valence-corrected chi connectivity index (χ2v) is 4.70. The van der Waals surface area contributed by atoms with Crippen LogP contribution in [0.25, 0.3) is 0 Å². The van der Waals surface area contributed by atoms with Gasteiger partial charge in [0.2, 0.25) is 0 Å². The molecule has 0 spiro atoms. The first kappa shape index (κ1) is 10.3. The van der Waals surface area contributed by atoms with E-state index in [1.54, 1.807) is 6.07 Å². The summed E-state index contributed by atoms with van der Waals surface area (Å²) < 4.78 is 5.77. The lowest BCUT2D eigenvalue weighted by Gasteiger charge is -2.17. The summed E-state index contributed by atoms with van der Waals surface area (Å²) in [6, 6.07) is 3.61. The molecule has 0 unspecified atom stereocenters. The molecule has 0 saturated heterocycles. The molecule has 1 heterocycles. The van der Waals surface area contributed by atoms with Crippen LogP contribution in [0, 0.1) is 0 Å². The molecule has 1 aromatic carbocycles. The van der Waals surface area contributed by atoms with Gasteiger partial charge in [-0.25, -0.2) is 0 Å². The Kier molecular flexibility index (Phi) is 2.35. The number of hydrogen-bond donors (Lipinski definition) is 1. The van der Waals surface area contributed by atoms with Crippen molar-refractivity contribution in [2.45, 2.75) is 25.9 Å². The van der Waals surface area contributed by atoms with Crippen LogP contribution in [0.1, 0.15) is 25.0 Å². The average molecular weight is 226 g/mol. The highest BCUT2D eigenvalue weighted by molar-refractivity contribution is 6.31. The van der Waals surface area contributed by atoms with E-state index in [0.717, 1.165) is 17.7 Å². The summed E-state index contributed by atoms with van der Waals surface area (Å²) in [5.74, 6) is 0.766. The van der Waals surface area contributed by atoms with Crippen molar-refractivity contribution in [1.82, 2.24) is 0 Å². The van der Waals surface area contributed by atoms with Crippen LogP contribution < -0.4 is 4.74 Å². The van der Waals surface area contributed by atoms with Crippen molar-refractivity contribution < 1.29 is 9.94 Å². The molecule has 1 N–H and O–H groups in total. The lowest BCUT2D eigenvalue weighted by Crippen LogP contribution is -2.24. The highest BCUT2D eigenvalue weighted by Crippen LogP contribution is 2.38. The Hall–Kier alpha value is -1.22. The number of oxime groups is 1. The molecule has 3 nitrogen and oxygen atoms in total. The molecule has 0 fully saturated rings. The quantitative estimate of drug-likeness (QED) is 0.454. The maximum Gasteiger partial charge on any atom is 0.132 e. The summed E-state index contributed by atoms with van der Waals surface area (Å²) in [5.41, 5.74) is 1.55. The Bertz CT molecular complexity index is 427. The normalized spacial score (nSPS) is 17.8. The molecular formula is C11H12ClNO2. The van der Waals surface area contributed by atoms with Crippen LogP contribution in [0.5, 0.6) is 5.75 Å². The van der Waals surface area contributed by atoms with Gasteiger partial charge in [0.1, 0.15) is 11.4 Å². The number of nitrogens with zero attached hydrogens (tertiary/aromatic N) is 1. The number of benzene rings is 1. The third kappa shape index (κ3) is 1.92. The van der Waals surface area contributed by atoms with Crippen LogP contribution in [0.15, 0.2) is 17.3 Å². The predicted octanol–water partition coefficient (Wildman–Crippen LogP) is 2.86. The molecule has 1 aliphatic heterocycles. The Morgan fingerprint density at radius 2 is 2.27 bits per heavy atom. The van der Waals surface area contributed by atoms with Gasteiger partial charge in [-0.2, -0.15) is 0 Å². The lowest BCUT2D eigenvalue weighted by atomic mass is 10.0. The van der Waals surface area contributed by atoms with Crippen molar-refractivity contribution in [3.05, 3.63) is 28.3 Å². The number of rotatable bonds is 1. The topological polar surface area (TPSA) is 41.8 Å². The molecule has 4 heteroatoms. The number of ether oxygens (including phenoxy) is 1. The Morgan fingerprint density at radius 1 is 1.53 bits per heavy atom. The molecule has 1 aliphatic rings. The molecule has 0 saturated carbocycles. The Labute approximate surface area is 93.3 Å². The summed E-state index contributed by atoms with van der Waals surface area (Å²) in [4.78, 5) is 0. The van der Waals surface area contributed by atoms with E-state index in [4.69, 9.17) is 21.5 Å². The second-order valence-electron chi connectivity index (χ2n) is 4.27. The van der Waals surface area contributed by atoms with Gasteiger partial charge in [-0.1, -0.05) is 16.8 Å². The van der Waals surface area contributed by atoms with Crippen LogP contribution in [0.3, 0.4) is 0 Å². The molecule has 2 rings (SSSR count). The SMILES string of the molecule is CC1(C)Cc2cc(Cl)cc(C=NO)c2O1. The van der Waals surface area contributed by atoms with Crippen LogP contribution in [-0.4, -0.2) is 17.0 Å². The molecule has 0 radical (unpaired) electrons. The van der Waals surface area contributed by atoms with Gasteiger partial charge < -0.3 is 9.94 Å². The van der Waals surface area contributed by atoms with Gasteiger partial charge in [0.15, 0.2) is 0 Å². The zero-order chi connectivity index (χ0) is 11.1. The van der Waals surface area contributed by atoms with E-state index in [9.17, 15) is 0 Å². The summed E-state index contributed by atoms with van der Waals surface area (Å²) in [7, 11) is 0. The Balaban J connectivity index is 2.53. The molecule has 0 amide bonds. The van der Waals surface area contributed by atoms with Crippen molar-refractivity contribution in [2.75, 3.05) is 0 Å². The summed E-state index contributed by atoms with van der Waals surface area (Å²) in [6.45, 7) is 4.03. The van der Waals surface area contributed by atoms with Crippen LogP contribution in [0.2, 0.25) is 5.02 Å². The zero-order valence-electron chi connectivity index (χ0n) is 8.62. The Morgan fingerprint density at radius 3 is 2.93 bits per heavy atom. The smallest absolute Gasteiger partial charge is 0.132 e. The first-order chi connectivity index (χ1) is 7.02. The van der Waals surface area contributed by atoms with Crippen molar-refractivity contribution in [2.24, 2.45) is 5.16 Å². The predicted molar refractivity (Wildman–Crippen MR) is 59.2 cm³/mol. The lowest BCUT2D eigenvalue weighted by molar-refractivity contribution is 0.138. The van der Waals surface area contributed by atoms with Crippen molar-refractivity contribution >= 4 is 17.8 Å². The van der Waals surface area contributed by atoms with E-state index >= 15 is 0 Å². The van der Waals surface area contributed by atoms with E-state index in [0.29, 0.717) is 10.6 Å². The third-order valence-electron chi connectivity index (χ3n) is 2.35. The molecule has 0 bridgehead atoms. The summed E-state index contributed by atoms with van der Waals surface area (Å²) in [6.07, 6.45) is 2.15. The number of halogens is 1. The molecular weight excluding hydrogens is 214 g/mol. The van der Waals surface area contributed by atoms with E-state index in [1.165, 1.54) is 6.21 Å². The van der Waals surface area contributed by atoms with Gasteiger partial charge in [0.05, 0.1) is 6.21 Å². The minimum Gasteiger partial charge on any atom is -0.487 e. The van der Waals surface area contributed by atoms with Crippen molar-refractivity contribution in [1.29, 1.82) is 0 Å². The third-order valence-corrected chi connectivity index (χ3v) is 2.57. The second kappa shape index (κ2) is 3.42. The largest absolute Gasteiger partial charge is 0.487 e. The first-order valence-electron chi connectivity index (χ1n) is 4.71. The van der Waals surface area contributed by atoms with Crippen LogP contribution in [-0.2, 0) is 6.42 Å². The fourth-order valence-corrected chi connectivity index (χ4v) is 2.11. The van der Waals surface area contributed by atoms with E-state index in [-0.39, 0.29) is 5.60 Å². The highest BCUT2D eigenvalue weighted by atomic mass is 35.5. The number of hydrogen-bond acceptors (Lipinski definition) is 3. The molecule has 0 aromatic heterocycles. The molecule has 15 heavy (non-hydrogen) atoms. The van der Waals surface area contributed by atoms with Crippen LogP contribution in [0.4, 0.5) is 0 Å². The highest BCUT2D eigenvalue weighted by Gasteiger charge is 2.31. The molecule has 0 aliphatic carbocycles. The van der Waals surface area contributed by atoms with Crippen LogP contribution >= 0.6 is 11.6 Å². The van der Waals surface area contributed by atoms with Gasteiger partial charge in [-0.3, -0.25) is 0 Å². The minimum absolute atomic E-state index is 0.217. The summed E-state index contributed by atoms with van der Waals surface area (Å²) in [5, 5.41) is 12.2. The van der Waals surface area contributed by atoms with Crippen molar-refractivity contribution in [3.8, 4) is 5.75 Å².